The quantitative estimate of drug-likeness (QED) is 0.798. The van der Waals surface area contributed by atoms with E-state index in [1.807, 2.05) is 26.8 Å². The maximum absolute atomic E-state index is 13.0. The number of furan rings is 1. The lowest BCUT2D eigenvalue weighted by Gasteiger charge is -2.24. The molecular formula is C13H16FNO. The van der Waals surface area contributed by atoms with Gasteiger partial charge in [-0.25, -0.2) is 4.39 Å². The SMILES string of the molecule is CC(C)(C)[C@H](N)c1cc2cc(F)ccc2o1. The Labute approximate surface area is 94.2 Å². The van der Waals surface area contributed by atoms with Gasteiger partial charge in [-0.2, -0.15) is 0 Å². The van der Waals surface area contributed by atoms with Crippen LogP contribution in [0.25, 0.3) is 11.0 Å². The Morgan fingerprint density at radius 2 is 1.94 bits per heavy atom. The number of halogens is 1. The Hall–Kier alpha value is -1.35. The molecule has 3 heteroatoms. The molecule has 86 valence electrons. The van der Waals surface area contributed by atoms with Crippen molar-refractivity contribution in [2.24, 2.45) is 11.1 Å². The van der Waals surface area contributed by atoms with E-state index in [2.05, 4.69) is 0 Å². The average molecular weight is 221 g/mol. The summed E-state index contributed by atoms with van der Waals surface area (Å²) in [6.45, 7) is 6.14. The minimum absolute atomic E-state index is 0.0770. The highest BCUT2D eigenvalue weighted by Gasteiger charge is 2.25. The molecule has 1 heterocycles. The fourth-order valence-electron chi connectivity index (χ4n) is 1.61. The molecule has 1 aromatic carbocycles. The number of hydrogen-bond donors (Lipinski definition) is 1. The van der Waals surface area contributed by atoms with E-state index in [-0.39, 0.29) is 17.3 Å². The highest BCUT2D eigenvalue weighted by atomic mass is 19.1. The van der Waals surface area contributed by atoms with Crippen molar-refractivity contribution in [3.63, 3.8) is 0 Å². The Kier molecular flexibility index (Phi) is 2.50. The van der Waals surface area contributed by atoms with Crippen molar-refractivity contribution < 1.29 is 8.81 Å². The normalized spacial score (nSPS) is 14.3. The summed E-state index contributed by atoms with van der Waals surface area (Å²) >= 11 is 0. The first-order valence-corrected chi connectivity index (χ1v) is 5.32. The molecule has 0 aliphatic rings. The van der Waals surface area contributed by atoms with Gasteiger partial charge in [0.1, 0.15) is 17.2 Å². The Morgan fingerprint density at radius 1 is 1.25 bits per heavy atom. The van der Waals surface area contributed by atoms with Gasteiger partial charge in [-0.15, -0.1) is 0 Å². The second kappa shape index (κ2) is 3.59. The summed E-state index contributed by atoms with van der Waals surface area (Å²) < 4.78 is 18.6. The molecule has 2 rings (SSSR count). The molecule has 16 heavy (non-hydrogen) atoms. The molecule has 2 aromatic rings. The van der Waals surface area contributed by atoms with Crippen LogP contribution in [-0.4, -0.2) is 0 Å². The van der Waals surface area contributed by atoms with Crippen molar-refractivity contribution >= 4 is 11.0 Å². The van der Waals surface area contributed by atoms with E-state index in [1.165, 1.54) is 12.1 Å². The number of nitrogens with two attached hydrogens (primary N) is 1. The first-order chi connectivity index (χ1) is 7.38. The summed E-state index contributed by atoms with van der Waals surface area (Å²) in [6.07, 6.45) is 0. The van der Waals surface area contributed by atoms with Crippen molar-refractivity contribution in [2.75, 3.05) is 0 Å². The van der Waals surface area contributed by atoms with Crippen LogP contribution in [0.4, 0.5) is 4.39 Å². The number of benzene rings is 1. The van der Waals surface area contributed by atoms with E-state index < -0.39 is 0 Å². The molecule has 1 atom stereocenters. The fraction of sp³-hybridized carbons (Fsp3) is 0.385. The lowest BCUT2D eigenvalue weighted by Crippen LogP contribution is -2.25. The maximum Gasteiger partial charge on any atom is 0.134 e. The predicted octanol–water partition coefficient (Wildman–Crippen LogP) is 3.62. The second-order valence-corrected chi connectivity index (χ2v) is 5.17. The maximum atomic E-state index is 13.0. The molecule has 0 saturated carbocycles. The Morgan fingerprint density at radius 3 is 2.56 bits per heavy atom. The predicted molar refractivity (Wildman–Crippen MR) is 62.6 cm³/mol. The van der Waals surface area contributed by atoms with Crippen LogP contribution >= 0.6 is 0 Å². The van der Waals surface area contributed by atoms with Gasteiger partial charge in [-0.1, -0.05) is 20.8 Å². The van der Waals surface area contributed by atoms with Gasteiger partial charge in [0, 0.05) is 5.39 Å². The van der Waals surface area contributed by atoms with E-state index in [1.54, 1.807) is 6.07 Å². The van der Waals surface area contributed by atoms with E-state index >= 15 is 0 Å². The molecule has 0 radical (unpaired) electrons. The van der Waals surface area contributed by atoms with Crippen LogP contribution in [0.2, 0.25) is 0 Å². The van der Waals surface area contributed by atoms with Crippen molar-refractivity contribution in [1.82, 2.24) is 0 Å². The van der Waals surface area contributed by atoms with Crippen LogP contribution in [0.15, 0.2) is 28.7 Å². The minimum atomic E-state index is -0.260. The Balaban J connectivity index is 2.47. The second-order valence-electron chi connectivity index (χ2n) is 5.17. The van der Waals surface area contributed by atoms with Crippen LogP contribution in [0.3, 0.4) is 0 Å². The monoisotopic (exact) mass is 221 g/mol. The zero-order valence-corrected chi connectivity index (χ0v) is 9.75. The smallest absolute Gasteiger partial charge is 0.134 e. The zero-order chi connectivity index (χ0) is 11.9. The van der Waals surface area contributed by atoms with Gasteiger partial charge in [0.15, 0.2) is 0 Å². The molecule has 0 aliphatic carbocycles. The van der Waals surface area contributed by atoms with E-state index in [0.717, 1.165) is 5.39 Å². The third-order valence-corrected chi connectivity index (χ3v) is 2.74. The first-order valence-electron chi connectivity index (χ1n) is 5.32. The average Bonchev–Trinajstić information content (AvgIpc) is 2.57. The lowest BCUT2D eigenvalue weighted by molar-refractivity contribution is 0.290. The molecule has 0 unspecified atom stereocenters. The summed E-state index contributed by atoms with van der Waals surface area (Å²) in [5.74, 6) is 0.442. The third kappa shape index (κ3) is 1.95. The first kappa shape index (κ1) is 11.1. The molecule has 2 N–H and O–H groups in total. The fourth-order valence-corrected chi connectivity index (χ4v) is 1.61. The van der Waals surface area contributed by atoms with Gasteiger partial charge >= 0.3 is 0 Å². The lowest BCUT2D eigenvalue weighted by atomic mass is 9.86. The van der Waals surface area contributed by atoms with Crippen molar-refractivity contribution in [1.29, 1.82) is 0 Å². The van der Waals surface area contributed by atoms with E-state index in [4.69, 9.17) is 10.2 Å². The van der Waals surface area contributed by atoms with E-state index in [9.17, 15) is 4.39 Å². The largest absolute Gasteiger partial charge is 0.459 e. The number of hydrogen-bond acceptors (Lipinski definition) is 2. The van der Waals surface area contributed by atoms with Crippen LogP contribution in [-0.2, 0) is 0 Å². The van der Waals surface area contributed by atoms with Gasteiger partial charge in [0.25, 0.3) is 0 Å². The zero-order valence-electron chi connectivity index (χ0n) is 9.75. The standard InChI is InChI=1S/C13H16FNO/c1-13(2,3)12(15)11-7-8-6-9(14)4-5-10(8)16-11/h4-7,12H,15H2,1-3H3/t12-/m1/s1. The van der Waals surface area contributed by atoms with E-state index in [0.29, 0.717) is 11.3 Å². The molecule has 0 saturated heterocycles. The summed E-state index contributed by atoms with van der Waals surface area (Å²) in [6, 6.07) is 6.09. The summed E-state index contributed by atoms with van der Waals surface area (Å²) in [7, 11) is 0. The summed E-state index contributed by atoms with van der Waals surface area (Å²) in [4.78, 5) is 0. The molecule has 0 amide bonds. The van der Waals surface area contributed by atoms with Crippen LogP contribution < -0.4 is 5.73 Å². The number of rotatable bonds is 1. The molecular weight excluding hydrogens is 205 g/mol. The molecule has 0 aliphatic heterocycles. The molecule has 2 nitrogen and oxygen atoms in total. The Bertz CT molecular complexity index is 510. The van der Waals surface area contributed by atoms with Crippen molar-refractivity contribution in [3.8, 4) is 0 Å². The highest BCUT2D eigenvalue weighted by Crippen LogP contribution is 2.33. The van der Waals surface area contributed by atoms with Gasteiger partial charge in [-0.05, 0) is 29.7 Å². The van der Waals surface area contributed by atoms with Crippen molar-refractivity contribution in [3.05, 3.63) is 35.8 Å². The molecule has 1 aromatic heterocycles. The molecule has 0 fully saturated rings. The van der Waals surface area contributed by atoms with Gasteiger partial charge in [0.2, 0.25) is 0 Å². The molecule has 0 spiro atoms. The topological polar surface area (TPSA) is 39.2 Å². The van der Waals surface area contributed by atoms with Crippen molar-refractivity contribution in [2.45, 2.75) is 26.8 Å². The summed E-state index contributed by atoms with van der Waals surface area (Å²) in [5.41, 5.74) is 6.69. The van der Waals surface area contributed by atoms with Gasteiger partial charge in [-0.3, -0.25) is 0 Å². The minimum Gasteiger partial charge on any atom is -0.459 e. The van der Waals surface area contributed by atoms with Gasteiger partial charge in [0.05, 0.1) is 6.04 Å². The van der Waals surface area contributed by atoms with Crippen LogP contribution in [0.5, 0.6) is 0 Å². The van der Waals surface area contributed by atoms with Crippen LogP contribution in [0, 0.1) is 11.2 Å². The molecule has 0 bridgehead atoms. The summed E-state index contributed by atoms with van der Waals surface area (Å²) in [5, 5.41) is 0.759. The highest BCUT2D eigenvalue weighted by molar-refractivity contribution is 5.78. The van der Waals surface area contributed by atoms with Crippen LogP contribution in [0.1, 0.15) is 32.6 Å². The van der Waals surface area contributed by atoms with Gasteiger partial charge < -0.3 is 10.2 Å². The third-order valence-electron chi connectivity index (χ3n) is 2.74. The number of fused-ring (bicyclic) bond motifs is 1.